The van der Waals surface area contributed by atoms with Crippen LogP contribution in [-0.2, 0) is 11.2 Å². The maximum atomic E-state index is 11.7. The van der Waals surface area contributed by atoms with Gasteiger partial charge >= 0.3 is 0 Å². The van der Waals surface area contributed by atoms with Gasteiger partial charge in [0, 0.05) is 11.9 Å². The number of aromatic hydroxyl groups is 1. The van der Waals surface area contributed by atoms with Crippen molar-refractivity contribution in [3.63, 3.8) is 0 Å². The smallest absolute Gasteiger partial charge is 0.224 e. The SMILES string of the molecule is CC(CCCCl)NC(=O)Cc1cccc(O)c1. The van der Waals surface area contributed by atoms with Gasteiger partial charge in [0.1, 0.15) is 5.75 Å². The minimum Gasteiger partial charge on any atom is -0.508 e. The van der Waals surface area contributed by atoms with Gasteiger partial charge in [0.15, 0.2) is 0 Å². The molecule has 1 amide bonds. The predicted molar refractivity (Wildman–Crippen MR) is 69.4 cm³/mol. The molecule has 0 aliphatic carbocycles. The summed E-state index contributed by atoms with van der Waals surface area (Å²) in [5.41, 5.74) is 0.812. The molecule has 1 aromatic carbocycles. The molecule has 1 unspecified atom stereocenters. The van der Waals surface area contributed by atoms with Crippen molar-refractivity contribution < 1.29 is 9.90 Å². The molecular weight excluding hydrogens is 238 g/mol. The topological polar surface area (TPSA) is 49.3 Å². The molecule has 0 fully saturated rings. The second-order valence-electron chi connectivity index (χ2n) is 4.15. The van der Waals surface area contributed by atoms with Crippen molar-refractivity contribution in [1.29, 1.82) is 0 Å². The van der Waals surface area contributed by atoms with E-state index in [0.29, 0.717) is 12.3 Å². The van der Waals surface area contributed by atoms with E-state index >= 15 is 0 Å². The first-order valence-corrected chi connectivity index (χ1v) is 6.28. The maximum absolute atomic E-state index is 11.7. The van der Waals surface area contributed by atoms with Crippen LogP contribution in [0.2, 0.25) is 0 Å². The molecule has 0 radical (unpaired) electrons. The van der Waals surface area contributed by atoms with Gasteiger partial charge in [0.25, 0.3) is 0 Å². The zero-order valence-electron chi connectivity index (χ0n) is 9.95. The third-order valence-corrected chi connectivity index (χ3v) is 2.72. The number of hydrogen-bond acceptors (Lipinski definition) is 2. The minimum atomic E-state index is -0.0299. The number of amides is 1. The number of rotatable bonds is 6. The van der Waals surface area contributed by atoms with Crippen molar-refractivity contribution >= 4 is 17.5 Å². The molecule has 17 heavy (non-hydrogen) atoms. The lowest BCUT2D eigenvalue weighted by Gasteiger charge is -2.13. The first-order chi connectivity index (χ1) is 8.11. The van der Waals surface area contributed by atoms with Gasteiger partial charge in [-0.15, -0.1) is 11.6 Å². The lowest BCUT2D eigenvalue weighted by atomic mass is 10.1. The number of alkyl halides is 1. The van der Waals surface area contributed by atoms with Crippen LogP contribution in [0.1, 0.15) is 25.3 Å². The van der Waals surface area contributed by atoms with Gasteiger partial charge in [0.2, 0.25) is 5.91 Å². The Morgan fingerprint density at radius 2 is 2.29 bits per heavy atom. The molecule has 1 aromatic rings. The third-order valence-electron chi connectivity index (χ3n) is 2.45. The molecule has 1 rings (SSSR count). The fraction of sp³-hybridized carbons (Fsp3) is 0.462. The van der Waals surface area contributed by atoms with E-state index in [0.717, 1.165) is 18.4 Å². The molecule has 94 valence electrons. The minimum absolute atomic E-state index is 0.0299. The van der Waals surface area contributed by atoms with Crippen LogP contribution in [0.5, 0.6) is 5.75 Å². The van der Waals surface area contributed by atoms with Gasteiger partial charge in [-0.25, -0.2) is 0 Å². The average Bonchev–Trinajstić information content (AvgIpc) is 2.26. The molecule has 0 aliphatic rings. The Kier molecular flexibility index (Phi) is 5.84. The number of hydrogen-bond donors (Lipinski definition) is 2. The molecule has 0 aromatic heterocycles. The van der Waals surface area contributed by atoms with Crippen molar-refractivity contribution in [2.45, 2.75) is 32.2 Å². The maximum Gasteiger partial charge on any atom is 0.224 e. The Bertz CT molecular complexity index is 368. The predicted octanol–water partition coefficient (Wildman–Crippen LogP) is 2.46. The van der Waals surface area contributed by atoms with E-state index in [9.17, 15) is 9.90 Å². The van der Waals surface area contributed by atoms with E-state index in [-0.39, 0.29) is 17.7 Å². The van der Waals surface area contributed by atoms with Gasteiger partial charge in [-0.2, -0.15) is 0 Å². The van der Waals surface area contributed by atoms with Crippen LogP contribution in [0, 0.1) is 0 Å². The lowest BCUT2D eigenvalue weighted by molar-refractivity contribution is -0.121. The standard InChI is InChI=1S/C13H18ClNO2/c1-10(4-3-7-14)15-13(17)9-11-5-2-6-12(16)8-11/h2,5-6,8,10,16H,3-4,7,9H2,1H3,(H,15,17). The van der Waals surface area contributed by atoms with Crippen molar-refractivity contribution in [3.8, 4) is 5.75 Å². The molecular formula is C13H18ClNO2. The summed E-state index contributed by atoms with van der Waals surface area (Å²) < 4.78 is 0. The fourth-order valence-corrected chi connectivity index (χ4v) is 1.79. The summed E-state index contributed by atoms with van der Waals surface area (Å²) in [6, 6.07) is 6.88. The highest BCUT2D eigenvalue weighted by Gasteiger charge is 2.08. The van der Waals surface area contributed by atoms with Gasteiger partial charge < -0.3 is 10.4 Å². The molecule has 2 N–H and O–H groups in total. The third kappa shape index (κ3) is 5.59. The summed E-state index contributed by atoms with van der Waals surface area (Å²) in [4.78, 5) is 11.7. The Labute approximate surface area is 107 Å². The first kappa shape index (κ1) is 13.8. The van der Waals surface area contributed by atoms with E-state index in [1.165, 1.54) is 0 Å². The van der Waals surface area contributed by atoms with Gasteiger partial charge in [0.05, 0.1) is 6.42 Å². The number of benzene rings is 1. The number of carbonyl (C=O) groups is 1. The van der Waals surface area contributed by atoms with Crippen molar-refractivity contribution in [2.75, 3.05) is 5.88 Å². The van der Waals surface area contributed by atoms with Gasteiger partial charge in [-0.3, -0.25) is 4.79 Å². The summed E-state index contributed by atoms with van der Waals surface area (Å²) in [6.45, 7) is 1.97. The molecule has 0 bridgehead atoms. The van der Waals surface area contributed by atoms with E-state index < -0.39 is 0 Å². The second kappa shape index (κ2) is 7.17. The molecule has 3 nitrogen and oxygen atoms in total. The summed E-state index contributed by atoms with van der Waals surface area (Å²) in [7, 11) is 0. The highest BCUT2D eigenvalue weighted by atomic mass is 35.5. The zero-order chi connectivity index (χ0) is 12.7. The number of phenols is 1. The Balaban J connectivity index is 2.39. The van der Waals surface area contributed by atoms with Crippen LogP contribution in [0.4, 0.5) is 0 Å². The second-order valence-corrected chi connectivity index (χ2v) is 4.52. The highest BCUT2D eigenvalue weighted by Crippen LogP contribution is 2.11. The van der Waals surface area contributed by atoms with Crippen molar-refractivity contribution in [2.24, 2.45) is 0 Å². The molecule has 0 spiro atoms. The van der Waals surface area contributed by atoms with Crippen molar-refractivity contribution in [1.82, 2.24) is 5.32 Å². The summed E-state index contributed by atoms with van der Waals surface area (Å²) in [5.74, 6) is 0.774. The van der Waals surface area contributed by atoms with Gasteiger partial charge in [-0.05, 0) is 37.5 Å². The number of carbonyl (C=O) groups excluding carboxylic acids is 1. The normalized spacial score (nSPS) is 12.1. The van der Waals surface area contributed by atoms with E-state index in [4.69, 9.17) is 11.6 Å². The highest BCUT2D eigenvalue weighted by molar-refractivity contribution is 6.17. The van der Waals surface area contributed by atoms with E-state index in [1.54, 1.807) is 18.2 Å². The van der Waals surface area contributed by atoms with Crippen LogP contribution >= 0.6 is 11.6 Å². The average molecular weight is 256 g/mol. The first-order valence-electron chi connectivity index (χ1n) is 5.75. The van der Waals surface area contributed by atoms with E-state index in [2.05, 4.69) is 5.32 Å². The molecule has 0 saturated heterocycles. The molecule has 0 aliphatic heterocycles. The van der Waals surface area contributed by atoms with Crippen LogP contribution in [0.25, 0.3) is 0 Å². The largest absolute Gasteiger partial charge is 0.508 e. The molecule has 0 saturated carbocycles. The Morgan fingerprint density at radius 3 is 2.94 bits per heavy atom. The molecule has 0 heterocycles. The fourth-order valence-electron chi connectivity index (χ4n) is 1.63. The van der Waals surface area contributed by atoms with Gasteiger partial charge in [-0.1, -0.05) is 12.1 Å². The summed E-state index contributed by atoms with van der Waals surface area (Å²) >= 11 is 5.59. The van der Waals surface area contributed by atoms with Crippen LogP contribution in [0.15, 0.2) is 24.3 Å². The van der Waals surface area contributed by atoms with Crippen LogP contribution < -0.4 is 5.32 Å². The quantitative estimate of drug-likeness (QED) is 0.768. The Hall–Kier alpha value is -1.22. The van der Waals surface area contributed by atoms with Crippen LogP contribution in [0.3, 0.4) is 0 Å². The number of nitrogens with one attached hydrogen (secondary N) is 1. The molecule has 4 heteroatoms. The summed E-state index contributed by atoms with van der Waals surface area (Å²) in [5, 5.41) is 12.2. The van der Waals surface area contributed by atoms with Crippen LogP contribution in [-0.4, -0.2) is 22.9 Å². The molecule has 1 atom stereocenters. The van der Waals surface area contributed by atoms with E-state index in [1.807, 2.05) is 13.0 Å². The number of halogens is 1. The zero-order valence-corrected chi connectivity index (χ0v) is 10.7. The Morgan fingerprint density at radius 1 is 1.53 bits per heavy atom. The number of phenolic OH excluding ortho intramolecular Hbond substituents is 1. The monoisotopic (exact) mass is 255 g/mol. The lowest BCUT2D eigenvalue weighted by Crippen LogP contribution is -2.33. The summed E-state index contributed by atoms with van der Waals surface area (Å²) in [6.07, 6.45) is 2.07. The van der Waals surface area contributed by atoms with Crippen molar-refractivity contribution in [3.05, 3.63) is 29.8 Å².